The standard InChI is InChI=1S/C30H37NO3S/c1-18-19(2)29-26(27(30(4,5)34-29)23-12-15-35-17-23)20(3)28(18)31-13-10-21(11-14-31)22-8-9-24(32-6)25(16-22)33-7/h8-9,12,15-17,21,27H,10-11,13-14H2,1-7H3. The lowest BCUT2D eigenvalue weighted by molar-refractivity contribution is 0.121. The smallest absolute Gasteiger partial charge is 0.160 e. The van der Waals surface area contributed by atoms with Gasteiger partial charge in [0.2, 0.25) is 0 Å². The molecule has 1 atom stereocenters. The Morgan fingerprint density at radius 2 is 1.63 bits per heavy atom. The monoisotopic (exact) mass is 491 g/mol. The number of nitrogens with zero attached hydrogens (tertiary/aromatic N) is 1. The molecule has 1 saturated heterocycles. The van der Waals surface area contributed by atoms with Gasteiger partial charge in [0, 0.05) is 24.3 Å². The molecule has 1 aromatic heterocycles. The average molecular weight is 492 g/mol. The van der Waals surface area contributed by atoms with Crippen molar-refractivity contribution in [2.45, 2.75) is 64.9 Å². The van der Waals surface area contributed by atoms with E-state index in [1.807, 2.05) is 6.07 Å². The first-order chi connectivity index (χ1) is 16.8. The number of anilines is 1. The third-order valence-corrected chi connectivity index (χ3v) is 8.88. The molecule has 0 spiro atoms. The second-order valence-corrected chi connectivity index (χ2v) is 11.3. The first-order valence-corrected chi connectivity index (χ1v) is 13.5. The van der Waals surface area contributed by atoms with Gasteiger partial charge >= 0.3 is 0 Å². The lowest BCUT2D eigenvalue weighted by atomic mass is 9.79. The molecule has 2 aliphatic heterocycles. The van der Waals surface area contributed by atoms with E-state index in [0.717, 1.165) is 43.2 Å². The zero-order valence-electron chi connectivity index (χ0n) is 22.0. The van der Waals surface area contributed by atoms with Gasteiger partial charge in [-0.25, -0.2) is 0 Å². The van der Waals surface area contributed by atoms with Crippen LogP contribution in [0.4, 0.5) is 5.69 Å². The fourth-order valence-electron chi connectivity index (χ4n) is 6.30. The minimum Gasteiger partial charge on any atom is -0.493 e. The summed E-state index contributed by atoms with van der Waals surface area (Å²) in [5.74, 6) is 3.49. The van der Waals surface area contributed by atoms with Gasteiger partial charge in [0.25, 0.3) is 0 Å². The van der Waals surface area contributed by atoms with Gasteiger partial charge in [-0.15, -0.1) is 0 Å². The van der Waals surface area contributed by atoms with Crippen molar-refractivity contribution in [2.24, 2.45) is 0 Å². The minimum atomic E-state index is -0.260. The highest BCUT2D eigenvalue weighted by atomic mass is 32.1. The number of rotatable bonds is 5. The van der Waals surface area contributed by atoms with Crippen LogP contribution in [0.3, 0.4) is 0 Å². The van der Waals surface area contributed by atoms with E-state index >= 15 is 0 Å². The van der Waals surface area contributed by atoms with Crippen LogP contribution in [0.5, 0.6) is 17.2 Å². The SMILES string of the molecule is COc1ccc(C2CCN(c3c(C)c(C)c4c(c3C)C(c3ccsc3)C(C)(C)O4)CC2)cc1OC. The van der Waals surface area contributed by atoms with E-state index in [2.05, 4.69) is 68.5 Å². The number of methoxy groups -OCH3 is 2. The van der Waals surface area contributed by atoms with Crippen molar-refractivity contribution in [3.63, 3.8) is 0 Å². The maximum atomic E-state index is 6.65. The summed E-state index contributed by atoms with van der Waals surface area (Å²) in [4.78, 5) is 2.62. The van der Waals surface area contributed by atoms with E-state index < -0.39 is 0 Å². The second kappa shape index (κ2) is 9.09. The predicted molar refractivity (Wildman–Crippen MR) is 145 cm³/mol. The number of thiophene rings is 1. The third kappa shape index (κ3) is 3.98. The summed E-state index contributed by atoms with van der Waals surface area (Å²) in [7, 11) is 3.40. The van der Waals surface area contributed by atoms with Crippen molar-refractivity contribution in [2.75, 3.05) is 32.2 Å². The number of hydrogen-bond acceptors (Lipinski definition) is 5. The van der Waals surface area contributed by atoms with Crippen molar-refractivity contribution in [3.8, 4) is 17.2 Å². The number of fused-ring (bicyclic) bond motifs is 1. The van der Waals surface area contributed by atoms with Gasteiger partial charge in [0.05, 0.1) is 20.1 Å². The quantitative estimate of drug-likeness (QED) is 0.373. The molecule has 2 aliphatic rings. The van der Waals surface area contributed by atoms with E-state index in [1.165, 1.54) is 39.1 Å². The molecule has 0 radical (unpaired) electrons. The molecule has 5 rings (SSSR count). The first kappa shape index (κ1) is 24.1. The van der Waals surface area contributed by atoms with Crippen molar-refractivity contribution < 1.29 is 14.2 Å². The molecule has 0 aliphatic carbocycles. The Kier molecular flexibility index (Phi) is 6.25. The lowest BCUT2D eigenvalue weighted by Crippen LogP contribution is -2.34. The van der Waals surface area contributed by atoms with Gasteiger partial charge in [-0.1, -0.05) is 6.07 Å². The predicted octanol–water partition coefficient (Wildman–Crippen LogP) is 7.38. The third-order valence-electron chi connectivity index (χ3n) is 8.18. The van der Waals surface area contributed by atoms with Crippen LogP contribution in [0.25, 0.3) is 0 Å². The Bertz CT molecular complexity index is 1220. The Hall–Kier alpha value is -2.66. The van der Waals surface area contributed by atoms with Crippen LogP contribution in [-0.2, 0) is 0 Å². The molecule has 0 bridgehead atoms. The van der Waals surface area contributed by atoms with Crippen LogP contribution < -0.4 is 19.1 Å². The molecule has 0 amide bonds. The molecule has 1 unspecified atom stereocenters. The van der Waals surface area contributed by atoms with Crippen LogP contribution in [0, 0.1) is 20.8 Å². The van der Waals surface area contributed by atoms with Crippen LogP contribution in [0.2, 0.25) is 0 Å². The summed E-state index contributed by atoms with van der Waals surface area (Å²) in [6, 6.07) is 8.65. The van der Waals surface area contributed by atoms with Crippen LogP contribution in [0.1, 0.15) is 71.9 Å². The minimum absolute atomic E-state index is 0.256. The molecule has 3 aromatic rings. The lowest BCUT2D eigenvalue weighted by Gasteiger charge is -2.37. The average Bonchev–Trinajstić information content (AvgIpc) is 3.48. The van der Waals surface area contributed by atoms with Gasteiger partial charge < -0.3 is 19.1 Å². The summed E-state index contributed by atoms with van der Waals surface area (Å²) in [6.07, 6.45) is 2.25. The molecule has 1 fully saturated rings. The fourth-order valence-corrected chi connectivity index (χ4v) is 6.99. The highest BCUT2D eigenvalue weighted by molar-refractivity contribution is 7.08. The Labute approximate surface area is 213 Å². The molecule has 4 nitrogen and oxygen atoms in total. The number of piperidine rings is 1. The zero-order valence-corrected chi connectivity index (χ0v) is 22.8. The molecule has 0 N–H and O–H groups in total. The largest absolute Gasteiger partial charge is 0.493 e. The van der Waals surface area contributed by atoms with E-state index in [1.54, 1.807) is 25.6 Å². The van der Waals surface area contributed by atoms with Crippen molar-refractivity contribution in [1.82, 2.24) is 0 Å². The second-order valence-electron chi connectivity index (χ2n) is 10.5. The fraction of sp³-hybridized carbons (Fsp3) is 0.467. The van der Waals surface area contributed by atoms with Crippen LogP contribution in [-0.4, -0.2) is 32.9 Å². The van der Waals surface area contributed by atoms with E-state index in [4.69, 9.17) is 14.2 Å². The van der Waals surface area contributed by atoms with Crippen LogP contribution in [0.15, 0.2) is 35.0 Å². The Morgan fingerprint density at radius 1 is 0.914 bits per heavy atom. The first-order valence-electron chi connectivity index (χ1n) is 12.6. The maximum absolute atomic E-state index is 6.65. The van der Waals surface area contributed by atoms with E-state index in [-0.39, 0.29) is 11.5 Å². The summed E-state index contributed by atoms with van der Waals surface area (Å²) in [6.45, 7) is 13.4. The summed E-state index contributed by atoms with van der Waals surface area (Å²) in [5, 5.41) is 4.47. The number of ether oxygens (including phenoxy) is 3. The van der Waals surface area contributed by atoms with E-state index in [9.17, 15) is 0 Å². The maximum Gasteiger partial charge on any atom is 0.160 e. The summed E-state index contributed by atoms with van der Waals surface area (Å²) in [5.41, 5.74) is 9.26. The molecule has 35 heavy (non-hydrogen) atoms. The van der Waals surface area contributed by atoms with Gasteiger partial charge in [-0.05, 0) is 110 Å². The molecule has 5 heteroatoms. The number of hydrogen-bond donors (Lipinski definition) is 0. The molecule has 186 valence electrons. The van der Waals surface area contributed by atoms with Gasteiger partial charge in [-0.3, -0.25) is 0 Å². The number of benzene rings is 2. The normalized spacial score (nSPS) is 19.4. The highest BCUT2D eigenvalue weighted by Crippen LogP contribution is 2.54. The topological polar surface area (TPSA) is 30.9 Å². The van der Waals surface area contributed by atoms with Gasteiger partial charge in [0.15, 0.2) is 11.5 Å². The molecular formula is C30H37NO3S. The summed E-state index contributed by atoms with van der Waals surface area (Å²) < 4.78 is 17.6. The van der Waals surface area contributed by atoms with Crippen molar-refractivity contribution in [1.29, 1.82) is 0 Å². The van der Waals surface area contributed by atoms with Crippen molar-refractivity contribution in [3.05, 3.63) is 68.4 Å². The van der Waals surface area contributed by atoms with E-state index in [0.29, 0.717) is 5.92 Å². The molecule has 3 heterocycles. The Balaban J connectivity index is 1.46. The van der Waals surface area contributed by atoms with Gasteiger partial charge in [0.1, 0.15) is 11.4 Å². The van der Waals surface area contributed by atoms with Crippen LogP contribution >= 0.6 is 11.3 Å². The molecular weight excluding hydrogens is 454 g/mol. The Morgan fingerprint density at radius 3 is 2.26 bits per heavy atom. The highest BCUT2D eigenvalue weighted by Gasteiger charge is 2.45. The van der Waals surface area contributed by atoms with Crippen molar-refractivity contribution >= 4 is 17.0 Å². The molecule has 0 saturated carbocycles. The van der Waals surface area contributed by atoms with Gasteiger partial charge in [-0.2, -0.15) is 11.3 Å². The summed E-state index contributed by atoms with van der Waals surface area (Å²) >= 11 is 1.77. The molecule has 2 aromatic carbocycles. The zero-order chi connectivity index (χ0) is 24.9.